The van der Waals surface area contributed by atoms with Crippen LogP contribution < -0.4 is 11.3 Å². The normalized spacial score (nSPS) is 12.7. The Hall–Kier alpha value is -0.970. The molecule has 0 fully saturated rings. The summed E-state index contributed by atoms with van der Waals surface area (Å²) in [5.41, 5.74) is 3.64. The Morgan fingerprint density at radius 1 is 1.53 bits per heavy atom. The van der Waals surface area contributed by atoms with Gasteiger partial charge in [0.15, 0.2) is 0 Å². The summed E-state index contributed by atoms with van der Waals surface area (Å²) in [5, 5.41) is 0. The molecular weight excluding hydrogens is 195 g/mol. The van der Waals surface area contributed by atoms with E-state index in [1.54, 1.807) is 13.2 Å². The Morgan fingerprint density at radius 2 is 2.33 bits per heavy atom. The Labute approximate surface area is 89.4 Å². The van der Waals surface area contributed by atoms with Crippen molar-refractivity contribution in [3.63, 3.8) is 0 Å². The number of halogens is 1. The van der Waals surface area contributed by atoms with Crippen LogP contribution in [0.15, 0.2) is 24.3 Å². The first-order valence-corrected chi connectivity index (χ1v) is 4.95. The maximum atomic E-state index is 12.9. The second kappa shape index (κ2) is 6.50. The number of nitrogens with one attached hydrogen (secondary N) is 1. The van der Waals surface area contributed by atoms with E-state index in [0.29, 0.717) is 13.0 Å². The molecule has 4 heteroatoms. The van der Waals surface area contributed by atoms with Gasteiger partial charge in [0.25, 0.3) is 0 Å². The van der Waals surface area contributed by atoms with E-state index in [-0.39, 0.29) is 11.9 Å². The van der Waals surface area contributed by atoms with Crippen molar-refractivity contribution in [2.45, 2.75) is 18.9 Å². The largest absolute Gasteiger partial charge is 0.385 e. The summed E-state index contributed by atoms with van der Waals surface area (Å²) in [6, 6.07) is 6.67. The Morgan fingerprint density at radius 3 is 2.93 bits per heavy atom. The average Bonchev–Trinajstić information content (AvgIpc) is 2.24. The minimum atomic E-state index is -0.213. The van der Waals surface area contributed by atoms with E-state index >= 15 is 0 Å². The number of hydrazine groups is 1. The Balaban J connectivity index is 2.50. The topological polar surface area (TPSA) is 47.3 Å². The van der Waals surface area contributed by atoms with Crippen LogP contribution in [-0.2, 0) is 11.2 Å². The molecule has 0 aliphatic carbocycles. The number of rotatable bonds is 6. The third kappa shape index (κ3) is 4.38. The number of hydrogen-bond donors (Lipinski definition) is 2. The quantitative estimate of drug-likeness (QED) is 0.551. The summed E-state index contributed by atoms with van der Waals surface area (Å²) < 4.78 is 17.9. The number of benzene rings is 1. The maximum absolute atomic E-state index is 12.9. The van der Waals surface area contributed by atoms with Gasteiger partial charge in [-0.3, -0.25) is 11.3 Å². The average molecular weight is 212 g/mol. The van der Waals surface area contributed by atoms with E-state index in [1.807, 2.05) is 6.07 Å². The molecule has 0 radical (unpaired) electrons. The molecule has 0 saturated heterocycles. The van der Waals surface area contributed by atoms with Gasteiger partial charge >= 0.3 is 0 Å². The van der Waals surface area contributed by atoms with E-state index < -0.39 is 0 Å². The van der Waals surface area contributed by atoms with E-state index in [4.69, 9.17) is 10.6 Å². The lowest BCUT2D eigenvalue weighted by Crippen LogP contribution is -2.37. The molecule has 1 unspecified atom stereocenters. The second-order valence-corrected chi connectivity index (χ2v) is 3.48. The van der Waals surface area contributed by atoms with E-state index in [1.165, 1.54) is 12.1 Å². The molecule has 15 heavy (non-hydrogen) atoms. The van der Waals surface area contributed by atoms with Gasteiger partial charge in [0, 0.05) is 19.8 Å². The van der Waals surface area contributed by atoms with Gasteiger partial charge in [0.1, 0.15) is 5.82 Å². The van der Waals surface area contributed by atoms with Crippen molar-refractivity contribution in [2.75, 3.05) is 13.7 Å². The highest BCUT2D eigenvalue weighted by Crippen LogP contribution is 2.07. The molecule has 1 atom stereocenters. The molecule has 0 aliphatic heterocycles. The van der Waals surface area contributed by atoms with Crippen molar-refractivity contribution in [3.8, 4) is 0 Å². The monoisotopic (exact) mass is 212 g/mol. The van der Waals surface area contributed by atoms with Crippen LogP contribution in [0.3, 0.4) is 0 Å². The number of nitrogens with two attached hydrogens (primary N) is 1. The van der Waals surface area contributed by atoms with E-state index in [9.17, 15) is 4.39 Å². The molecule has 0 heterocycles. The number of ether oxygens (including phenoxy) is 1. The summed E-state index contributed by atoms with van der Waals surface area (Å²) in [6.07, 6.45) is 1.52. The van der Waals surface area contributed by atoms with E-state index in [2.05, 4.69) is 5.43 Å². The molecule has 0 amide bonds. The molecule has 1 aromatic rings. The molecule has 0 aromatic heterocycles. The van der Waals surface area contributed by atoms with Crippen molar-refractivity contribution in [1.29, 1.82) is 0 Å². The van der Waals surface area contributed by atoms with Crippen LogP contribution in [0.5, 0.6) is 0 Å². The molecule has 1 aromatic carbocycles. The minimum Gasteiger partial charge on any atom is -0.385 e. The van der Waals surface area contributed by atoms with Crippen LogP contribution >= 0.6 is 0 Å². The molecule has 3 nitrogen and oxygen atoms in total. The van der Waals surface area contributed by atoms with Gasteiger partial charge in [-0.25, -0.2) is 4.39 Å². The maximum Gasteiger partial charge on any atom is 0.123 e. The van der Waals surface area contributed by atoms with Gasteiger partial charge in [-0.05, 0) is 30.5 Å². The van der Waals surface area contributed by atoms with Crippen LogP contribution in [0.4, 0.5) is 4.39 Å². The van der Waals surface area contributed by atoms with Crippen molar-refractivity contribution in [2.24, 2.45) is 5.84 Å². The molecule has 3 N–H and O–H groups in total. The highest BCUT2D eigenvalue weighted by Gasteiger charge is 2.07. The summed E-state index contributed by atoms with van der Waals surface area (Å²) in [4.78, 5) is 0. The van der Waals surface area contributed by atoms with Crippen molar-refractivity contribution in [3.05, 3.63) is 35.6 Å². The van der Waals surface area contributed by atoms with Gasteiger partial charge in [0.05, 0.1) is 0 Å². The molecule has 84 valence electrons. The predicted octanol–water partition coefficient (Wildman–Crippen LogP) is 1.24. The van der Waals surface area contributed by atoms with E-state index in [0.717, 1.165) is 12.0 Å². The third-order valence-corrected chi connectivity index (χ3v) is 2.28. The zero-order chi connectivity index (χ0) is 11.1. The molecule has 1 rings (SSSR count). The number of hydrogen-bond acceptors (Lipinski definition) is 3. The Kier molecular flexibility index (Phi) is 5.25. The van der Waals surface area contributed by atoms with Gasteiger partial charge < -0.3 is 4.74 Å². The molecule has 0 aliphatic rings. The summed E-state index contributed by atoms with van der Waals surface area (Å²) in [6.45, 7) is 0.643. The summed E-state index contributed by atoms with van der Waals surface area (Å²) in [5.74, 6) is 5.19. The number of methoxy groups -OCH3 is 1. The fourth-order valence-corrected chi connectivity index (χ4v) is 1.45. The molecule has 0 saturated carbocycles. The highest BCUT2D eigenvalue weighted by atomic mass is 19.1. The first-order valence-electron chi connectivity index (χ1n) is 4.95. The first kappa shape index (κ1) is 12.1. The molecule has 0 bridgehead atoms. The standard InChI is InChI=1S/C11H17FN2O/c1-15-6-5-11(14-13)8-9-3-2-4-10(12)7-9/h2-4,7,11,14H,5-6,8,13H2,1H3. The zero-order valence-corrected chi connectivity index (χ0v) is 8.87. The lowest BCUT2D eigenvalue weighted by atomic mass is 10.0. The minimum absolute atomic E-state index is 0.117. The fraction of sp³-hybridized carbons (Fsp3) is 0.455. The smallest absolute Gasteiger partial charge is 0.123 e. The van der Waals surface area contributed by atoms with Crippen LogP contribution in [0, 0.1) is 5.82 Å². The zero-order valence-electron chi connectivity index (χ0n) is 8.87. The first-order chi connectivity index (χ1) is 7.26. The second-order valence-electron chi connectivity index (χ2n) is 3.48. The van der Waals surface area contributed by atoms with Gasteiger partial charge in [-0.1, -0.05) is 12.1 Å². The molecule has 0 spiro atoms. The SMILES string of the molecule is COCCC(Cc1cccc(F)c1)NN. The lowest BCUT2D eigenvalue weighted by molar-refractivity contribution is 0.182. The van der Waals surface area contributed by atoms with Crippen molar-refractivity contribution >= 4 is 0 Å². The third-order valence-electron chi connectivity index (χ3n) is 2.28. The molecular formula is C11H17FN2O. The van der Waals surface area contributed by atoms with Crippen LogP contribution in [-0.4, -0.2) is 19.8 Å². The highest BCUT2D eigenvalue weighted by molar-refractivity contribution is 5.17. The van der Waals surface area contributed by atoms with Crippen LogP contribution in [0.1, 0.15) is 12.0 Å². The predicted molar refractivity (Wildman–Crippen MR) is 57.7 cm³/mol. The lowest BCUT2D eigenvalue weighted by Gasteiger charge is -2.15. The van der Waals surface area contributed by atoms with Gasteiger partial charge in [-0.2, -0.15) is 0 Å². The Bertz CT molecular complexity index is 294. The van der Waals surface area contributed by atoms with Crippen LogP contribution in [0.25, 0.3) is 0 Å². The summed E-state index contributed by atoms with van der Waals surface area (Å²) >= 11 is 0. The van der Waals surface area contributed by atoms with Crippen molar-refractivity contribution in [1.82, 2.24) is 5.43 Å². The summed E-state index contributed by atoms with van der Waals surface area (Å²) in [7, 11) is 1.65. The fourth-order valence-electron chi connectivity index (χ4n) is 1.45. The van der Waals surface area contributed by atoms with Gasteiger partial charge in [-0.15, -0.1) is 0 Å². The van der Waals surface area contributed by atoms with Crippen molar-refractivity contribution < 1.29 is 9.13 Å². The van der Waals surface area contributed by atoms with Gasteiger partial charge in [0.2, 0.25) is 0 Å². The van der Waals surface area contributed by atoms with Crippen LogP contribution in [0.2, 0.25) is 0 Å².